The predicted molar refractivity (Wildman–Crippen MR) is 78.9 cm³/mol. The Morgan fingerprint density at radius 3 is 2.52 bits per heavy atom. The van der Waals surface area contributed by atoms with Gasteiger partial charge in [0.05, 0.1) is 16.6 Å². The van der Waals surface area contributed by atoms with Gasteiger partial charge in [0.15, 0.2) is 0 Å². The highest BCUT2D eigenvalue weighted by Crippen LogP contribution is 2.30. The van der Waals surface area contributed by atoms with E-state index in [0.29, 0.717) is 11.0 Å². The fourth-order valence-electron chi connectivity index (χ4n) is 2.15. The first kappa shape index (κ1) is 15.0. The van der Waals surface area contributed by atoms with Crippen LogP contribution in [0.3, 0.4) is 0 Å². The van der Waals surface area contributed by atoms with E-state index in [9.17, 15) is 18.0 Å². The third-order valence-corrected chi connectivity index (χ3v) is 3.19. The van der Waals surface area contributed by atoms with Crippen molar-refractivity contribution in [3.8, 4) is 0 Å². The minimum atomic E-state index is -4.47. The molecule has 23 heavy (non-hydrogen) atoms. The minimum Gasteiger partial charge on any atom is -0.322 e. The first-order valence-electron chi connectivity index (χ1n) is 6.63. The van der Waals surface area contributed by atoms with Gasteiger partial charge in [-0.05, 0) is 30.3 Å². The summed E-state index contributed by atoms with van der Waals surface area (Å²) in [6, 6.07) is 9.33. The van der Waals surface area contributed by atoms with E-state index >= 15 is 0 Å². The Labute approximate surface area is 129 Å². The van der Waals surface area contributed by atoms with E-state index in [2.05, 4.69) is 15.3 Å². The van der Waals surface area contributed by atoms with Gasteiger partial charge in [0, 0.05) is 18.1 Å². The smallest absolute Gasteiger partial charge is 0.322 e. The maximum absolute atomic E-state index is 12.7. The molecule has 0 spiro atoms. The van der Waals surface area contributed by atoms with Crippen LogP contribution in [0.5, 0.6) is 0 Å². The van der Waals surface area contributed by atoms with Gasteiger partial charge < -0.3 is 5.32 Å². The summed E-state index contributed by atoms with van der Waals surface area (Å²) < 4.78 is 38.1. The molecule has 1 heterocycles. The molecule has 0 aliphatic rings. The molecule has 2 aromatic carbocycles. The van der Waals surface area contributed by atoms with Crippen LogP contribution < -0.4 is 5.32 Å². The lowest BCUT2D eigenvalue weighted by Crippen LogP contribution is -2.14. The molecule has 0 unspecified atom stereocenters. The molecule has 1 aromatic heterocycles. The standard InChI is InChI=1S/C16H10F3N3O/c17-16(18,19)10-3-1-4-11(9-10)22-15(23)12-5-2-6-13-14(12)21-8-7-20-13/h1-9H,(H,22,23). The second-order valence-corrected chi connectivity index (χ2v) is 4.76. The Morgan fingerprint density at radius 2 is 1.74 bits per heavy atom. The van der Waals surface area contributed by atoms with Crippen LogP contribution in [0, 0.1) is 0 Å². The summed E-state index contributed by atoms with van der Waals surface area (Å²) in [5.41, 5.74) is 0.399. The third-order valence-electron chi connectivity index (χ3n) is 3.19. The van der Waals surface area contributed by atoms with E-state index in [1.54, 1.807) is 18.2 Å². The number of hydrogen-bond acceptors (Lipinski definition) is 3. The maximum Gasteiger partial charge on any atom is 0.416 e. The number of amides is 1. The normalized spacial score (nSPS) is 11.4. The van der Waals surface area contributed by atoms with Gasteiger partial charge in [0.2, 0.25) is 0 Å². The second kappa shape index (κ2) is 5.68. The average Bonchev–Trinajstić information content (AvgIpc) is 2.53. The highest BCUT2D eigenvalue weighted by Gasteiger charge is 2.30. The van der Waals surface area contributed by atoms with Crippen molar-refractivity contribution in [2.75, 3.05) is 5.32 Å². The first-order chi connectivity index (χ1) is 10.9. The van der Waals surface area contributed by atoms with E-state index in [-0.39, 0.29) is 11.3 Å². The van der Waals surface area contributed by atoms with Crippen molar-refractivity contribution in [3.63, 3.8) is 0 Å². The number of carbonyl (C=O) groups excluding carboxylic acids is 1. The van der Waals surface area contributed by atoms with E-state index in [1.807, 2.05) is 0 Å². The molecular weight excluding hydrogens is 307 g/mol. The molecule has 0 saturated carbocycles. The third kappa shape index (κ3) is 3.13. The fraction of sp³-hybridized carbons (Fsp3) is 0.0625. The summed E-state index contributed by atoms with van der Waals surface area (Å²) in [7, 11) is 0. The number of anilines is 1. The van der Waals surface area contributed by atoms with Crippen molar-refractivity contribution in [3.05, 3.63) is 66.0 Å². The van der Waals surface area contributed by atoms with Crippen LogP contribution in [0.2, 0.25) is 0 Å². The van der Waals surface area contributed by atoms with Crippen molar-refractivity contribution in [2.45, 2.75) is 6.18 Å². The van der Waals surface area contributed by atoms with Crippen LogP contribution in [0.4, 0.5) is 18.9 Å². The lowest BCUT2D eigenvalue weighted by Gasteiger charge is -2.10. The second-order valence-electron chi connectivity index (χ2n) is 4.76. The molecular formula is C16H10F3N3O. The fourth-order valence-corrected chi connectivity index (χ4v) is 2.15. The summed E-state index contributed by atoms with van der Waals surface area (Å²) >= 11 is 0. The van der Waals surface area contributed by atoms with Crippen LogP contribution in [0.1, 0.15) is 15.9 Å². The molecule has 116 valence electrons. The molecule has 1 N–H and O–H groups in total. The number of benzene rings is 2. The Bertz CT molecular complexity index is 872. The maximum atomic E-state index is 12.7. The lowest BCUT2D eigenvalue weighted by atomic mass is 10.1. The number of para-hydroxylation sites is 1. The van der Waals surface area contributed by atoms with Crippen LogP contribution in [0.25, 0.3) is 11.0 Å². The van der Waals surface area contributed by atoms with Gasteiger partial charge in [0.25, 0.3) is 5.91 Å². The number of hydrogen-bond donors (Lipinski definition) is 1. The SMILES string of the molecule is O=C(Nc1cccc(C(F)(F)F)c1)c1cccc2nccnc12. The van der Waals surface area contributed by atoms with Gasteiger partial charge in [-0.2, -0.15) is 13.2 Å². The number of carbonyl (C=O) groups is 1. The number of aromatic nitrogens is 2. The molecule has 0 atom stereocenters. The zero-order valence-electron chi connectivity index (χ0n) is 11.6. The van der Waals surface area contributed by atoms with Gasteiger partial charge in [0.1, 0.15) is 5.52 Å². The number of rotatable bonds is 2. The molecule has 3 aromatic rings. The summed E-state index contributed by atoms with van der Waals surface area (Å²) in [6.45, 7) is 0. The van der Waals surface area contributed by atoms with E-state index < -0.39 is 17.6 Å². The molecule has 7 heteroatoms. The molecule has 0 radical (unpaired) electrons. The van der Waals surface area contributed by atoms with Crippen LogP contribution in [-0.4, -0.2) is 15.9 Å². The van der Waals surface area contributed by atoms with Gasteiger partial charge >= 0.3 is 6.18 Å². The summed E-state index contributed by atoms with van der Waals surface area (Å²) in [6.07, 6.45) is -1.52. The largest absolute Gasteiger partial charge is 0.416 e. The number of fused-ring (bicyclic) bond motifs is 1. The Kier molecular flexibility index (Phi) is 3.69. The van der Waals surface area contributed by atoms with Crippen LogP contribution in [0.15, 0.2) is 54.9 Å². The van der Waals surface area contributed by atoms with E-state index in [4.69, 9.17) is 0 Å². The summed E-state index contributed by atoms with van der Waals surface area (Å²) in [5.74, 6) is -0.546. The van der Waals surface area contributed by atoms with Crippen molar-refractivity contribution in [1.29, 1.82) is 0 Å². The number of alkyl halides is 3. The number of nitrogens with zero attached hydrogens (tertiary/aromatic N) is 2. The molecule has 0 saturated heterocycles. The number of nitrogens with one attached hydrogen (secondary N) is 1. The monoisotopic (exact) mass is 317 g/mol. The molecule has 0 aliphatic carbocycles. The van der Waals surface area contributed by atoms with Gasteiger partial charge in [-0.3, -0.25) is 14.8 Å². The average molecular weight is 317 g/mol. The molecule has 0 bridgehead atoms. The zero-order valence-corrected chi connectivity index (χ0v) is 11.6. The summed E-state index contributed by atoms with van der Waals surface area (Å²) in [4.78, 5) is 20.5. The highest BCUT2D eigenvalue weighted by atomic mass is 19.4. The van der Waals surface area contributed by atoms with Crippen molar-refractivity contribution in [1.82, 2.24) is 9.97 Å². The predicted octanol–water partition coefficient (Wildman–Crippen LogP) is 3.90. The minimum absolute atomic E-state index is 0.0609. The molecule has 3 rings (SSSR count). The number of halogens is 3. The molecule has 0 aliphatic heterocycles. The first-order valence-corrected chi connectivity index (χ1v) is 6.63. The van der Waals surface area contributed by atoms with Crippen molar-refractivity contribution in [2.24, 2.45) is 0 Å². The van der Waals surface area contributed by atoms with Gasteiger partial charge in [-0.15, -0.1) is 0 Å². The quantitative estimate of drug-likeness (QED) is 0.780. The molecule has 0 fully saturated rings. The Balaban J connectivity index is 1.93. The Morgan fingerprint density at radius 1 is 1.00 bits per heavy atom. The lowest BCUT2D eigenvalue weighted by molar-refractivity contribution is -0.137. The van der Waals surface area contributed by atoms with Crippen LogP contribution >= 0.6 is 0 Å². The van der Waals surface area contributed by atoms with E-state index in [0.717, 1.165) is 12.1 Å². The zero-order chi connectivity index (χ0) is 16.4. The van der Waals surface area contributed by atoms with Gasteiger partial charge in [-0.25, -0.2) is 0 Å². The van der Waals surface area contributed by atoms with E-state index in [1.165, 1.54) is 24.5 Å². The molecule has 1 amide bonds. The van der Waals surface area contributed by atoms with Crippen LogP contribution in [-0.2, 0) is 6.18 Å². The highest BCUT2D eigenvalue weighted by molar-refractivity contribution is 6.11. The topological polar surface area (TPSA) is 54.9 Å². The van der Waals surface area contributed by atoms with Gasteiger partial charge in [-0.1, -0.05) is 12.1 Å². The van der Waals surface area contributed by atoms with Crippen molar-refractivity contribution < 1.29 is 18.0 Å². The van der Waals surface area contributed by atoms with Crippen molar-refractivity contribution >= 4 is 22.6 Å². The summed E-state index contributed by atoms with van der Waals surface area (Å²) in [5, 5.41) is 2.46. The molecule has 4 nitrogen and oxygen atoms in total. The Hall–Kier alpha value is -2.96.